The maximum atomic E-state index is 12.5. The van der Waals surface area contributed by atoms with Crippen LogP contribution in [-0.2, 0) is 14.3 Å². The van der Waals surface area contributed by atoms with Crippen molar-refractivity contribution in [3.05, 3.63) is 60.8 Å². The first kappa shape index (κ1) is 69.6. The lowest BCUT2D eigenvalue weighted by atomic mass is 10.0. The van der Waals surface area contributed by atoms with Crippen LogP contribution in [0, 0.1) is 0 Å². The summed E-state index contributed by atoms with van der Waals surface area (Å²) < 4.78 is 5.45. The molecule has 6 heteroatoms. The molecule has 0 saturated carbocycles. The van der Waals surface area contributed by atoms with Crippen LogP contribution in [0.4, 0.5) is 0 Å². The highest BCUT2D eigenvalue weighted by Gasteiger charge is 2.18. The smallest absolute Gasteiger partial charge is 0.305 e. The summed E-state index contributed by atoms with van der Waals surface area (Å²) in [6.07, 6.45) is 79.7. The van der Waals surface area contributed by atoms with E-state index in [-0.39, 0.29) is 18.5 Å². The van der Waals surface area contributed by atoms with Crippen LogP contribution >= 0.6 is 0 Å². The second kappa shape index (κ2) is 61.1. The zero-order valence-electron chi connectivity index (χ0n) is 47.9. The van der Waals surface area contributed by atoms with Gasteiger partial charge in [0.2, 0.25) is 5.91 Å². The number of aliphatic hydroxyl groups is 2. The van der Waals surface area contributed by atoms with Crippen LogP contribution in [-0.4, -0.2) is 47.4 Å². The van der Waals surface area contributed by atoms with Crippen molar-refractivity contribution in [1.29, 1.82) is 0 Å². The quantitative estimate of drug-likeness (QED) is 0.0244. The van der Waals surface area contributed by atoms with Crippen molar-refractivity contribution in [1.82, 2.24) is 5.32 Å². The Morgan fingerprint density at radius 1 is 0.403 bits per heavy atom. The van der Waals surface area contributed by atoms with E-state index >= 15 is 0 Å². The van der Waals surface area contributed by atoms with Gasteiger partial charge >= 0.3 is 5.97 Å². The summed E-state index contributed by atoms with van der Waals surface area (Å²) in [5.74, 6) is -0.105. The highest BCUT2D eigenvalue weighted by molar-refractivity contribution is 5.76. The van der Waals surface area contributed by atoms with Gasteiger partial charge in [-0.25, -0.2) is 0 Å². The monoisotopic (exact) mass is 1010 g/mol. The van der Waals surface area contributed by atoms with E-state index < -0.39 is 12.1 Å². The summed E-state index contributed by atoms with van der Waals surface area (Å²) >= 11 is 0. The van der Waals surface area contributed by atoms with Crippen molar-refractivity contribution in [2.24, 2.45) is 0 Å². The van der Waals surface area contributed by atoms with Crippen molar-refractivity contribution in [3.8, 4) is 0 Å². The highest BCUT2D eigenvalue weighted by atomic mass is 16.5. The minimum absolute atomic E-state index is 0.0285. The lowest BCUT2D eigenvalue weighted by Crippen LogP contribution is -2.45. The van der Waals surface area contributed by atoms with Crippen molar-refractivity contribution in [2.45, 2.75) is 334 Å². The normalized spacial score (nSPS) is 13.0. The van der Waals surface area contributed by atoms with E-state index in [0.29, 0.717) is 19.4 Å². The van der Waals surface area contributed by atoms with Crippen molar-refractivity contribution < 1.29 is 24.5 Å². The van der Waals surface area contributed by atoms with Crippen molar-refractivity contribution >= 4 is 11.9 Å². The Labute approximate surface area is 448 Å². The Kier molecular flexibility index (Phi) is 59.0. The third-order valence-corrected chi connectivity index (χ3v) is 14.3. The van der Waals surface area contributed by atoms with E-state index in [1.54, 1.807) is 6.08 Å². The molecule has 72 heavy (non-hydrogen) atoms. The fourth-order valence-corrected chi connectivity index (χ4v) is 9.42. The number of aliphatic hydroxyl groups excluding tert-OH is 2. The maximum Gasteiger partial charge on any atom is 0.305 e. The van der Waals surface area contributed by atoms with Crippen molar-refractivity contribution in [3.63, 3.8) is 0 Å². The van der Waals surface area contributed by atoms with Crippen LogP contribution in [0.5, 0.6) is 0 Å². The molecule has 0 saturated heterocycles. The summed E-state index contributed by atoms with van der Waals surface area (Å²) in [4.78, 5) is 24.5. The first-order chi connectivity index (χ1) is 35.5. The van der Waals surface area contributed by atoms with Crippen molar-refractivity contribution in [2.75, 3.05) is 13.2 Å². The van der Waals surface area contributed by atoms with Gasteiger partial charge in [-0.05, 0) is 96.3 Å². The Morgan fingerprint density at radius 3 is 1.17 bits per heavy atom. The van der Waals surface area contributed by atoms with E-state index in [4.69, 9.17) is 4.74 Å². The zero-order chi connectivity index (χ0) is 52.2. The van der Waals surface area contributed by atoms with E-state index in [1.807, 2.05) is 6.08 Å². The molecule has 0 spiro atoms. The first-order valence-electron chi connectivity index (χ1n) is 31.6. The topological polar surface area (TPSA) is 95.9 Å². The lowest BCUT2D eigenvalue weighted by molar-refractivity contribution is -0.143. The summed E-state index contributed by atoms with van der Waals surface area (Å²) in [5.41, 5.74) is 0. The molecule has 0 aromatic rings. The van der Waals surface area contributed by atoms with Gasteiger partial charge < -0.3 is 20.3 Å². The summed E-state index contributed by atoms with van der Waals surface area (Å²) in [5, 5.41) is 23.2. The average Bonchev–Trinajstić information content (AvgIpc) is 3.38. The molecule has 6 nitrogen and oxygen atoms in total. The molecule has 0 bridgehead atoms. The number of allylic oxidation sites excluding steroid dienone is 9. The predicted molar refractivity (Wildman–Crippen MR) is 315 cm³/mol. The van der Waals surface area contributed by atoms with Gasteiger partial charge in [-0.1, -0.05) is 274 Å². The molecular weight excluding hydrogens is 887 g/mol. The van der Waals surface area contributed by atoms with Crippen LogP contribution in [0.15, 0.2) is 60.8 Å². The third-order valence-electron chi connectivity index (χ3n) is 14.3. The molecule has 0 aromatic heterocycles. The van der Waals surface area contributed by atoms with E-state index in [2.05, 4.69) is 67.8 Å². The lowest BCUT2D eigenvalue weighted by Gasteiger charge is -2.20. The molecule has 0 heterocycles. The number of esters is 1. The van der Waals surface area contributed by atoms with Gasteiger partial charge in [-0.3, -0.25) is 9.59 Å². The molecule has 420 valence electrons. The summed E-state index contributed by atoms with van der Waals surface area (Å²) in [7, 11) is 0. The first-order valence-corrected chi connectivity index (χ1v) is 31.6. The second-order valence-corrected chi connectivity index (χ2v) is 21.4. The fraction of sp³-hybridized carbons (Fsp3) is 0.818. The average molecular weight is 1010 g/mol. The van der Waals surface area contributed by atoms with E-state index in [0.717, 1.165) is 89.9 Å². The molecule has 2 unspecified atom stereocenters. The number of carbonyl (C=O) groups excluding carboxylic acids is 2. The molecule has 2 atom stereocenters. The van der Waals surface area contributed by atoms with Crippen LogP contribution in [0.1, 0.15) is 322 Å². The van der Waals surface area contributed by atoms with Gasteiger partial charge in [0.25, 0.3) is 0 Å². The van der Waals surface area contributed by atoms with Gasteiger partial charge in [0.15, 0.2) is 0 Å². The fourth-order valence-electron chi connectivity index (χ4n) is 9.42. The Bertz CT molecular complexity index is 1250. The molecule has 3 N–H and O–H groups in total. The molecule has 0 aliphatic rings. The van der Waals surface area contributed by atoms with E-state index in [1.165, 1.54) is 205 Å². The SMILES string of the molecule is CCCCC/C=C\C/C=C\CCCCCCCC(=O)OCCCCC/C=C\C=C/CCCCCCCCCCCCC(=O)NC(CO)C(O)/C=C/CCCCCCCCCCCCCCCCCCCCC. The predicted octanol–water partition coefficient (Wildman–Crippen LogP) is 19.9. The van der Waals surface area contributed by atoms with Gasteiger partial charge in [0.1, 0.15) is 0 Å². The van der Waals surface area contributed by atoms with Crippen LogP contribution in [0.2, 0.25) is 0 Å². The Hall–Kier alpha value is -2.44. The number of amides is 1. The van der Waals surface area contributed by atoms with Gasteiger partial charge in [0.05, 0.1) is 25.4 Å². The second-order valence-electron chi connectivity index (χ2n) is 21.4. The maximum absolute atomic E-state index is 12.5. The van der Waals surface area contributed by atoms with Gasteiger partial charge in [-0.15, -0.1) is 0 Å². The zero-order valence-corrected chi connectivity index (χ0v) is 47.9. The van der Waals surface area contributed by atoms with Gasteiger partial charge in [-0.2, -0.15) is 0 Å². The molecule has 0 aliphatic heterocycles. The van der Waals surface area contributed by atoms with Gasteiger partial charge in [0, 0.05) is 12.8 Å². The molecule has 0 rings (SSSR count). The minimum atomic E-state index is -0.854. The number of carbonyl (C=O) groups is 2. The van der Waals surface area contributed by atoms with Crippen LogP contribution < -0.4 is 5.32 Å². The van der Waals surface area contributed by atoms with Crippen LogP contribution in [0.3, 0.4) is 0 Å². The number of ether oxygens (including phenoxy) is 1. The number of hydrogen-bond donors (Lipinski definition) is 3. The standard InChI is InChI=1S/C66H121NO5/c1-3-5-7-9-11-13-15-17-19-20-21-22-24-27-31-34-38-42-46-50-54-58-64(69)63(62-68)67-65(70)59-55-51-47-43-39-35-32-28-25-23-26-29-33-37-41-45-49-53-57-61-72-66(71)60-56-52-48-44-40-36-30-18-16-14-12-10-8-6-4-2/h12,14,18,29-30,33,37,41,54,58,63-64,68-69H,3-11,13,15-17,19-28,31-32,34-36,38-40,42-53,55-57,59-62H2,1-2H3,(H,67,70)/b14-12-,30-18-,33-29-,41-37-,58-54+. The Balaban J connectivity index is 3.52. The minimum Gasteiger partial charge on any atom is -0.466 e. The molecule has 0 fully saturated rings. The van der Waals surface area contributed by atoms with Crippen LogP contribution in [0.25, 0.3) is 0 Å². The molecular formula is C66H121NO5. The molecule has 0 aromatic carbocycles. The number of nitrogens with one attached hydrogen (secondary N) is 1. The molecule has 0 aliphatic carbocycles. The number of unbranched alkanes of at least 4 members (excludes halogenated alkanes) is 40. The highest BCUT2D eigenvalue weighted by Crippen LogP contribution is 2.17. The summed E-state index contributed by atoms with van der Waals surface area (Å²) in [6.45, 7) is 4.84. The molecule has 0 radical (unpaired) electrons. The third kappa shape index (κ3) is 56.8. The van der Waals surface area contributed by atoms with E-state index in [9.17, 15) is 19.8 Å². The number of rotatable bonds is 58. The number of hydrogen-bond acceptors (Lipinski definition) is 5. The molecule has 1 amide bonds. The summed E-state index contributed by atoms with van der Waals surface area (Å²) in [6, 6.07) is -0.638. The largest absolute Gasteiger partial charge is 0.466 e. The Morgan fingerprint density at radius 2 is 0.736 bits per heavy atom.